The number of benzene rings is 2. The van der Waals surface area contributed by atoms with Crippen molar-refractivity contribution in [3.05, 3.63) is 74.9 Å². The Balaban J connectivity index is 0.00000243. The second kappa shape index (κ2) is 8.54. The number of carbonyl (C=O) groups excluding carboxylic acids is 1. The summed E-state index contributed by atoms with van der Waals surface area (Å²) in [5, 5.41) is 17.0. The number of halogens is 1. The molecule has 0 spiro atoms. The normalized spacial score (nSPS) is 10.9. The highest BCUT2D eigenvalue weighted by Gasteiger charge is 2.13. The van der Waals surface area contributed by atoms with Crippen LogP contribution in [0, 0.1) is 10.1 Å². The number of carbonyl (C=O) groups is 1. The van der Waals surface area contributed by atoms with E-state index in [4.69, 9.17) is 0 Å². The minimum atomic E-state index is -0.425. The lowest BCUT2D eigenvalue weighted by atomic mass is 10.1. The van der Waals surface area contributed by atoms with Gasteiger partial charge in [-0.05, 0) is 12.1 Å². The van der Waals surface area contributed by atoms with Gasteiger partial charge in [-0.3, -0.25) is 19.5 Å². The molecule has 0 unspecified atom stereocenters. The van der Waals surface area contributed by atoms with E-state index in [1.807, 2.05) is 40.3 Å². The minimum Gasteiger partial charge on any atom is -1.00 e. The van der Waals surface area contributed by atoms with Crippen LogP contribution in [0.25, 0.3) is 16.9 Å². The molecule has 7 nitrogen and oxygen atoms in total. The molecule has 0 bridgehead atoms. The number of hydrogen-bond donors (Lipinski definition) is 1. The summed E-state index contributed by atoms with van der Waals surface area (Å²) in [6.07, 6.45) is 0. The highest BCUT2D eigenvalue weighted by molar-refractivity contribution is 7.07. The van der Waals surface area contributed by atoms with Gasteiger partial charge in [-0.1, -0.05) is 30.3 Å². The molecule has 26 heavy (non-hydrogen) atoms. The summed E-state index contributed by atoms with van der Waals surface area (Å²) in [7, 11) is 0. The van der Waals surface area contributed by atoms with E-state index in [-0.39, 0.29) is 28.6 Å². The fourth-order valence-corrected chi connectivity index (χ4v) is 3.19. The zero-order chi connectivity index (χ0) is 17.8. The van der Waals surface area contributed by atoms with E-state index in [0.717, 1.165) is 11.4 Å². The van der Waals surface area contributed by atoms with E-state index in [2.05, 4.69) is 10.5 Å². The van der Waals surface area contributed by atoms with E-state index in [9.17, 15) is 14.9 Å². The summed E-state index contributed by atoms with van der Waals surface area (Å²) in [6.45, 7) is 1.38. The van der Waals surface area contributed by atoms with Crippen molar-refractivity contribution in [2.75, 3.05) is 0 Å². The number of rotatable bonds is 4. The van der Waals surface area contributed by atoms with Crippen LogP contribution in [0.3, 0.4) is 0 Å². The van der Waals surface area contributed by atoms with Crippen LogP contribution >= 0.6 is 11.3 Å². The van der Waals surface area contributed by atoms with Gasteiger partial charge in [-0.15, -0.1) is 16.4 Å². The quantitative estimate of drug-likeness (QED) is 0.466. The molecular weight excluding hydrogens is 420 g/mol. The number of hydrogen-bond acceptors (Lipinski definition) is 5. The number of para-hydroxylation sites is 1. The van der Waals surface area contributed by atoms with Crippen LogP contribution in [-0.4, -0.2) is 15.4 Å². The zero-order valence-electron chi connectivity index (χ0n) is 13.6. The van der Waals surface area contributed by atoms with Crippen molar-refractivity contribution in [3.8, 4) is 16.9 Å². The summed E-state index contributed by atoms with van der Waals surface area (Å²) in [5.41, 5.74) is 4.74. The Morgan fingerprint density at radius 1 is 1.19 bits per heavy atom. The SMILES string of the molecule is CC(=O)N/N=c1/scc(-c2cccc([N+](=O)[O-])c2)n1-c1ccccc1.[Br-]. The van der Waals surface area contributed by atoms with Gasteiger partial charge in [0.2, 0.25) is 10.7 Å². The lowest BCUT2D eigenvalue weighted by Crippen LogP contribution is -3.00. The molecule has 0 aliphatic rings. The second-order valence-electron chi connectivity index (χ2n) is 5.16. The fourth-order valence-electron chi connectivity index (χ4n) is 2.32. The highest BCUT2D eigenvalue weighted by Crippen LogP contribution is 2.26. The minimum absolute atomic E-state index is 0. The molecule has 134 valence electrons. The molecule has 3 rings (SSSR count). The molecule has 9 heteroatoms. The van der Waals surface area contributed by atoms with Crippen LogP contribution in [0.1, 0.15) is 6.92 Å². The van der Waals surface area contributed by atoms with Gasteiger partial charge < -0.3 is 17.0 Å². The Kier molecular flexibility index (Phi) is 6.42. The monoisotopic (exact) mass is 433 g/mol. The van der Waals surface area contributed by atoms with Gasteiger partial charge in [0.05, 0.1) is 10.6 Å². The van der Waals surface area contributed by atoms with Crippen LogP contribution in [0.5, 0.6) is 0 Å². The third-order valence-electron chi connectivity index (χ3n) is 3.38. The van der Waals surface area contributed by atoms with Crippen LogP contribution in [-0.2, 0) is 4.79 Å². The fraction of sp³-hybridized carbons (Fsp3) is 0.0588. The maximum Gasteiger partial charge on any atom is 0.270 e. The van der Waals surface area contributed by atoms with E-state index in [0.29, 0.717) is 10.4 Å². The topological polar surface area (TPSA) is 89.5 Å². The summed E-state index contributed by atoms with van der Waals surface area (Å²) in [4.78, 5) is 22.4. The van der Waals surface area contributed by atoms with Crippen LogP contribution in [0.2, 0.25) is 0 Å². The van der Waals surface area contributed by atoms with Crippen molar-refractivity contribution in [2.45, 2.75) is 6.92 Å². The summed E-state index contributed by atoms with van der Waals surface area (Å²) >= 11 is 1.33. The molecule has 1 heterocycles. The van der Waals surface area contributed by atoms with Gasteiger partial charge in [0.25, 0.3) is 5.69 Å². The van der Waals surface area contributed by atoms with Gasteiger partial charge in [0.15, 0.2) is 0 Å². The summed E-state index contributed by atoms with van der Waals surface area (Å²) in [6, 6.07) is 15.9. The maximum atomic E-state index is 11.2. The standard InChI is InChI=1S/C17H14N4O3S.BrH/c1-12(22)18-19-17-20(14-7-3-2-4-8-14)16(11-25-17)13-6-5-9-15(10-13)21(23)24;/h2-11H,1H3,(H,18,22);1H/p-1/b19-17+;. The average molecular weight is 434 g/mol. The van der Waals surface area contributed by atoms with E-state index in [1.54, 1.807) is 12.1 Å². The predicted octanol–water partition coefficient (Wildman–Crippen LogP) is 0.0698. The lowest BCUT2D eigenvalue weighted by Gasteiger charge is -2.09. The first-order valence-corrected chi connectivity index (χ1v) is 8.25. The average Bonchev–Trinajstić information content (AvgIpc) is 3.04. The summed E-state index contributed by atoms with van der Waals surface area (Å²) < 4.78 is 1.85. The van der Waals surface area contributed by atoms with Crippen molar-refractivity contribution in [1.29, 1.82) is 0 Å². The van der Waals surface area contributed by atoms with Crippen molar-refractivity contribution in [1.82, 2.24) is 9.99 Å². The molecule has 0 saturated heterocycles. The first kappa shape index (κ1) is 19.5. The number of aromatic nitrogens is 1. The molecule has 3 aromatic rings. The number of amides is 1. The molecular formula is C17H14BrN4O3S-. The van der Waals surface area contributed by atoms with E-state index < -0.39 is 4.92 Å². The van der Waals surface area contributed by atoms with Crippen molar-refractivity contribution < 1.29 is 26.7 Å². The number of nitrogens with zero attached hydrogens (tertiary/aromatic N) is 3. The molecule has 2 aromatic carbocycles. The first-order valence-electron chi connectivity index (χ1n) is 7.37. The Morgan fingerprint density at radius 3 is 2.58 bits per heavy atom. The Hall–Kier alpha value is -2.78. The maximum absolute atomic E-state index is 11.2. The van der Waals surface area contributed by atoms with Gasteiger partial charge in [0, 0.05) is 35.7 Å². The molecule has 1 N–H and O–H groups in total. The molecule has 0 fully saturated rings. The number of non-ortho nitro benzene ring substituents is 1. The molecule has 1 amide bonds. The zero-order valence-corrected chi connectivity index (χ0v) is 16.0. The smallest absolute Gasteiger partial charge is 0.270 e. The van der Waals surface area contributed by atoms with Gasteiger partial charge in [-0.25, -0.2) is 5.43 Å². The number of nitro groups is 1. The molecule has 0 saturated carbocycles. The third-order valence-corrected chi connectivity index (χ3v) is 4.21. The van der Waals surface area contributed by atoms with Gasteiger partial charge >= 0.3 is 0 Å². The van der Waals surface area contributed by atoms with Crippen LogP contribution < -0.4 is 27.2 Å². The molecule has 0 aliphatic carbocycles. The summed E-state index contributed by atoms with van der Waals surface area (Å²) in [5.74, 6) is -0.273. The second-order valence-corrected chi connectivity index (χ2v) is 6.00. The highest BCUT2D eigenvalue weighted by atomic mass is 79.9. The number of nitro benzene ring substituents is 1. The number of nitrogens with one attached hydrogen (secondary N) is 1. The van der Waals surface area contributed by atoms with Crippen molar-refractivity contribution >= 4 is 22.9 Å². The Labute approximate surface area is 163 Å². The first-order chi connectivity index (χ1) is 12.1. The molecule has 0 atom stereocenters. The van der Waals surface area contributed by atoms with Crippen LogP contribution in [0.15, 0.2) is 65.1 Å². The lowest BCUT2D eigenvalue weighted by molar-refractivity contribution is -0.384. The van der Waals surface area contributed by atoms with E-state index in [1.165, 1.54) is 30.4 Å². The van der Waals surface area contributed by atoms with Crippen LogP contribution in [0.4, 0.5) is 5.69 Å². The van der Waals surface area contributed by atoms with E-state index >= 15 is 0 Å². The van der Waals surface area contributed by atoms with Gasteiger partial charge in [0.1, 0.15) is 0 Å². The predicted molar refractivity (Wildman–Crippen MR) is 95.1 cm³/mol. The largest absolute Gasteiger partial charge is 1.00 e. The van der Waals surface area contributed by atoms with Gasteiger partial charge in [-0.2, -0.15) is 0 Å². The Bertz CT molecular complexity index is 998. The van der Waals surface area contributed by atoms with Crippen molar-refractivity contribution in [3.63, 3.8) is 0 Å². The Morgan fingerprint density at radius 2 is 1.92 bits per heavy atom. The molecule has 0 radical (unpaired) electrons. The molecule has 1 aromatic heterocycles. The molecule has 0 aliphatic heterocycles. The third kappa shape index (κ3) is 4.24. The van der Waals surface area contributed by atoms with Crippen molar-refractivity contribution in [2.24, 2.45) is 5.10 Å². The number of thiazole rings is 1.